The second-order valence-electron chi connectivity index (χ2n) is 5.18. The summed E-state index contributed by atoms with van der Waals surface area (Å²) in [5.41, 5.74) is 3.66. The summed E-state index contributed by atoms with van der Waals surface area (Å²) in [7, 11) is 1.50. The molecule has 0 fully saturated rings. The summed E-state index contributed by atoms with van der Waals surface area (Å²) in [5.74, 6) is 0.633. The van der Waals surface area contributed by atoms with Gasteiger partial charge < -0.3 is 9.47 Å². The normalized spacial score (nSPS) is 10.6. The van der Waals surface area contributed by atoms with Crippen LogP contribution >= 0.6 is 15.9 Å². The monoisotopic (exact) mass is 421 g/mol. The number of hydrogen-bond donors (Lipinski definition) is 1. The number of halogens is 1. The molecule has 2 aromatic rings. The number of hydrazone groups is 1. The van der Waals surface area contributed by atoms with Gasteiger partial charge in [0.05, 0.1) is 22.7 Å². The third-order valence-corrected chi connectivity index (χ3v) is 3.78. The van der Waals surface area contributed by atoms with Crippen LogP contribution in [0.3, 0.4) is 0 Å². The lowest BCUT2D eigenvalue weighted by Gasteiger charge is -2.13. The van der Waals surface area contributed by atoms with Crippen molar-refractivity contribution in [3.63, 3.8) is 0 Å². The number of carbonyl (C=O) groups is 1. The number of carbonyl (C=O) groups excluding carboxylic acids is 1. The van der Waals surface area contributed by atoms with Gasteiger partial charge in [-0.1, -0.05) is 12.1 Å². The van der Waals surface area contributed by atoms with Gasteiger partial charge in [-0.2, -0.15) is 5.10 Å². The van der Waals surface area contributed by atoms with Crippen LogP contribution in [0.25, 0.3) is 0 Å². The summed E-state index contributed by atoms with van der Waals surface area (Å²) < 4.78 is 11.7. The van der Waals surface area contributed by atoms with Gasteiger partial charge >= 0.3 is 0 Å². The summed E-state index contributed by atoms with van der Waals surface area (Å²) in [6, 6.07) is 9.65. The van der Waals surface area contributed by atoms with Crippen molar-refractivity contribution in [1.29, 1.82) is 0 Å². The van der Waals surface area contributed by atoms with Gasteiger partial charge in [-0.15, -0.1) is 0 Å². The molecule has 136 valence electrons. The molecule has 0 unspecified atom stereocenters. The van der Waals surface area contributed by atoms with Crippen LogP contribution in [-0.2, 0) is 11.4 Å². The van der Waals surface area contributed by atoms with E-state index in [2.05, 4.69) is 26.5 Å². The first-order valence-corrected chi connectivity index (χ1v) is 8.23. The summed E-state index contributed by atoms with van der Waals surface area (Å²) in [4.78, 5) is 21.2. The van der Waals surface area contributed by atoms with Crippen molar-refractivity contribution in [2.24, 2.45) is 5.10 Å². The first-order chi connectivity index (χ1) is 12.4. The summed E-state index contributed by atoms with van der Waals surface area (Å²) in [5, 5.41) is 14.6. The number of methoxy groups -OCH3 is 1. The quantitative estimate of drug-likeness (QED) is 0.419. The molecule has 0 aliphatic carbocycles. The molecule has 0 aliphatic heterocycles. The van der Waals surface area contributed by atoms with E-state index in [-0.39, 0.29) is 18.2 Å². The van der Waals surface area contributed by atoms with Crippen molar-refractivity contribution in [3.8, 4) is 11.5 Å². The molecule has 0 heterocycles. The Labute approximate surface area is 158 Å². The molecule has 0 atom stereocenters. The Morgan fingerprint density at radius 3 is 2.81 bits per heavy atom. The van der Waals surface area contributed by atoms with Gasteiger partial charge in [0.1, 0.15) is 6.61 Å². The molecule has 26 heavy (non-hydrogen) atoms. The van der Waals surface area contributed by atoms with Gasteiger partial charge in [-0.05, 0) is 39.2 Å². The summed E-state index contributed by atoms with van der Waals surface area (Å²) >= 11 is 3.41. The Morgan fingerprint density at radius 2 is 2.15 bits per heavy atom. The molecule has 0 spiro atoms. The molecule has 0 saturated carbocycles. The average Bonchev–Trinajstić information content (AvgIpc) is 2.60. The third-order valence-electron chi connectivity index (χ3n) is 3.19. The molecular weight excluding hydrogens is 406 g/mol. The van der Waals surface area contributed by atoms with Gasteiger partial charge in [0, 0.05) is 19.1 Å². The van der Waals surface area contributed by atoms with Crippen molar-refractivity contribution in [2.75, 3.05) is 7.11 Å². The third kappa shape index (κ3) is 5.28. The number of amides is 1. The number of nitro groups is 1. The second kappa shape index (κ2) is 8.95. The largest absolute Gasteiger partial charge is 0.493 e. The maximum Gasteiger partial charge on any atom is 0.269 e. The van der Waals surface area contributed by atoms with Gasteiger partial charge in [-0.3, -0.25) is 14.9 Å². The number of benzene rings is 2. The van der Waals surface area contributed by atoms with Crippen molar-refractivity contribution in [1.82, 2.24) is 5.43 Å². The van der Waals surface area contributed by atoms with Crippen LogP contribution in [0, 0.1) is 10.1 Å². The topological polar surface area (TPSA) is 103 Å². The van der Waals surface area contributed by atoms with Crippen LogP contribution < -0.4 is 14.9 Å². The molecule has 1 N–H and O–H groups in total. The van der Waals surface area contributed by atoms with E-state index in [1.165, 1.54) is 32.4 Å². The molecule has 0 bridgehead atoms. The molecule has 0 radical (unpaired) electrons. The molecule has 0 aromatic heterocycles. The van der Waals surface area contributed by atoms with Crippen molar-refractivity contribution in [3.05, 3.63) is 62.1 Å². The predicted molar refractivity (Wildman–Crippen MR) is 99.5 cm³/mol. The Balaban J connectivity index is 2.18. The fourth-order valence-electron chi connectivity index (χ4n) is 2.07. The van der Waals surface area contributed by atoms with E-state index in [0.717, 1.165) is 0 Å². The number of nitrogens with zero attached hydrogens (tertiary/aromatic N) is 2. The maximum absolute atomic E-state index is 10.8. The fraction of sp³-hybridized carbons (Fsp3) is 0.176. The number of nitro benzene ring substituents is 1. The van der Waals surface area contributed by atoms with E-state index in [0.29, 0.717) is 27.1 Å². The Bertz CT molecular complexity index is 854. The molecule has 0 saturated heterocycles. The van der Waals surface area contributed by atoms with Crippen LogP contribution in [0.5, 0.6) is 11.5 Å². The Hall–Kier alpha value is -2.94. The van der Waals surface area contributed by atoms with Gasteiger partial charge in [0.2, 0.25) is 5.91 Å². The highest BCUT2D eigenvalue weighted by Gasteiger charge is 2.13. The minimum absolute atomic E-state index is 0.00154. The highest BCUT2D eigenvalue weighted by molar-refractivity contribution is 9.10. The van der Waals surface area contributed by atoms with E-state index < -0.39 is 4.92 Å². The number of non-ortho nitro benzene ring substituents is 1. The van der Waals surface area contributed by atoms with Crippen LogP contribution in [0.15, 0.2) is 46.0 Å². The van der Waals surface area contributed by atoms with Crippen molar-refractivity contribution in [2.45, 2.75) is 13.5 Å². The second-order valence-corrected chi connectivity index (χ2v) is 6.03. The van der Waals surface area contributed by atoms with E-state index in [4.69, 9.17) is 9.47 Å². The highest BCUT2D eigenvalue weighted by atomic mass is 79.9. The fourth-order valence-corrected chi connectivity index (χ4v) is 2.64. The lowest BCUT2D eigenvalue weighted by molar-refractivity contribution is -0.384. The van der Waals surface area contributed by atoms with Gasteiger partial charge in [0.15, 0.2) is 11.5 Å². The summed E-state index contributed by atoms with van der Waals surface area (Å²) in [6.45, 7) is 1.49. The van der Waals surface area contributed by atoms with Crippen LogP contribution in [0.1, 0.15) is 18.1 Å². The minimum Gasteiger partial charge on any atom is -0.493 e. The molecule has 0 aliphatic rings. The van der Waals surface area contributed by atoms with Gasteiger partial charge in [-0.25, -0.2) is 5.43 Å². The molecule has 8 nitrogen and oxygen atoms in total. The lowest BCUT2D eigenvalue weighted by Crippen LogP contribution is -2.12. The minimum atomic E-state index is -0.455. The van der Waals surface area contributed by atoms with E-state index >= 15 is 0 Å². The molecular formula is C17H16BrN3O5. The standard InChI is InChI=1S/C17H16BrN3O5/c1-11(22)20-19-9-13-7-15(18)17(16(8-13)25-2)26-10-12-4-3-5-14(6-12)21(23)24/h3-9H,10H2,1-2H3,(H,20,22)/b19-9-. The van der Waals surface area contributed by atoms with E-state index in [1.807, 2.05) is 0 Å². The first kappa shape index (κ1) is 19.4. The molecule has 1 amide bonds. The first-order valence-electron chi connectivity index (χ1n) is 7.44. The zero-order valence-corrected chi connectivity index (χ0v) is 15.6. The average molecular weight is 422 g/mol. The molecule has 9 heteroatoms. The lowest BCUT2D eigenvalue weighted by atomic mass is 10.2. The number of hydrogen-bond acceptors (Lipinski definition) is 6. The maximum atomic E-state index is 10.8. The zero-order chi connectivity index (χ0) is 19.1. The van der Waals surface area contributed by atoms with E-state index in [1.54, 1.807) is 24.3 Å². The smallest absolute Gasteiger partial charge is 0.269 e. The van der Waals surface area contributed by atoms with Crippen molar-refractivity contribution >= 4 is 33.7 Å². The van der Waals surface area contributed by atoms with Gasteiger partial charge in [0.25, 0.3) is 5.69 Å². The van der Waals surface area contributed by atoms with Crippen LogP contribution in [0.2, 0.25) is 0 Å². The number of ether oxygens (including phenoxy) is 2. The zero-order valence-electron chi connectivity index (χ0n) is 14.1. The highest BCUT2D eigenvalue weighted by Crippen LogP contribution is 2.37. The number of rotatable bonds is 7. The molecule has 2 rings (SSSR count). The Kier molecular flexibility index (Phi) is 6.67. The number of nitrogens with one attached hydrogen (secondary N) is 1. The Morgan fingerprint density at radius 1 is 1.38 bits per heavy atom. The van der Waals surface area contributed by atoms with E-state index in [9.17, 15) is 14.9 Å². The predicted octanol–water partition coefficient (Wildman–Crippen LogP) is 3.41. The van der Waals surface area contributed by atoms with Crippen LogP contribution in [-0.4, -0.2) is 24.2 Å². The summed E-state index contributed by atoms with van der Waals surface area (Å²) in [6.07, 6.45) is 1.47. The SMILES string of the molecule is COc1cc(/C=N\NC(C)=O)cc(Br)c1OCc1cccc([N+](=O)[O-])c1. The van der Waals surface area contributed by atoms with Crippen molar-refractivity contribution < 1.29 is 19.2 Å². The van der Waals surface area contributed by atoms with Crippen LogP contribution in [0.4, 0.5) is 5.69 Å². The molecule has 2 aromatic carbocycles.